The van der Waals surface area contributed by atoms with Crippen molar-refractivity contribution >= 4 is 29.1 Å². The van der Waals surface area contributed by atoms with Crippen molar-refractivity contribution in [3.63, 3.8) is 0 Å². The van der Waals surface area contributed by atoms with Crippen molar-refractivity contribution in [1.82, 2.24) is 10.3 Å². The molecular weight excluding hydrogens is 401 g/mol. The van der Waals surface area contributed by atoms with Gasteiger partial charge in [-0.3, -0.25) is 14.6 Å². The lowest BCUT2D eigenvalue weighted by molar-refractivity contribution is -0.126. The lowest BCUT2D eigenvalue weighted by Gasteiger charge is -2.12. The van der Waals surface area contributed by atoms with Gasteiger partial charge in [0.2, 0.25) is 0 Å². The number of amides is 2. The van der Waals surface area contributed by atoms with Gasteiger partial charge in [-0.05, 0) is 44.0 Å². The van der Waals surface area contributed by atoms with Gasteiger partial charge in [0, 0.05) is 18.9 Å². The Morgan fingerprint density at radius 3 is 2.66 bits per heavy atom. The summed E-state index contributed by atoms with van der Waals surface area (Å²) in [6, 6.07) is 7.61. The number of nitrogens with one attached hydrogen (secondary N) is 2. The number of nitrogens with zero attached hydrogens (tertiary/aromatic N) is 1. The zero-order valence-electron chi connectivity index (χ0n) is 16.4. The third-order valence-electron chi connectivity index (χ3n) is 4.15. The Morgan fingerprint density at radius 2 is 2.07 bits per heavy atom. The molecule has 0 spiro atoms. The highest BCUT2D eigenvalue weighted by atomic mass is 35.5. The first kappa shape index (κ1) is 22.6. The number of pyridine rings is 1. The van der Waals surface area contributed by atoms with Crippen molar-refractivity contribution in [2.45, 2.75) is 32.0 Å². The van der Waals surface area contributed by atoms with E-state index in [2.05, 4.69) is 15.6 Å². The number of methoxy groups -OCH3 is 1. The van der Waals surface area contributed by atoms with Crippen LogP contribution in [0.3, 0.4) is 0 Å². The number of halogens is 2. The highest BCUT2D eigenvalue weighted by molar-refractivity contribution is 6.32. The fraction of sp³-hybridized carbons (Fsp3) is 0.350. The molecule has 156 valence electrons. The number of hydrogen-bond donors (Lipinski definition) is 2. The van der Waals surface area contributed by atoms with E-state index in [1.54, 1.807) is 18.2 Å². The van der Waals surface area contributed by atoms with Crippen LogP contribution in [0.1, 0.15) is 30.3 Å². The van der Waals surface area contributed by atoms with Gasteiger partial charge in [0.05, 0.1) is 13.2 Å². The van der Waals surface area contributed by atoms with Crippen molar-refractivity contribution < 1.29 is 23.5 Å². The van der Waals surface area contributed by atoms with Gasteiger partial charge < -0.3 is 20.1 Å². The van der Waals surface area contributed by atoms with Crippen LogP contribution in [0.15, 0.2) is 36.5 Å². The first-order valence-corrected chi connectivity index (χ1v) is 9.36. The third-order valence-corrected chi connectivity index (χ3v) is 4.51. The number of carbonyl (C=O) groups excluding carboxylic acids is 2. The maximum atomic E-state index is 12.6. The van der Waals surface area contributed by atoms with E-state index in [9.17, 15) is 14.0 Å². The quantitative estimate of drug-likeness (QED) is 0.786. The predicted octanol–water partition coefficient (Wildman–Crippen LogP) is 3.43. The monoisotopic (exact) mass is 423 g/mol. The maximum absolute atomic E-state index is 12.6. The van der Waals surface area contributed by atoms with Gasteiger partial charge in [-0.1, -0.05) is 17.7 Å². The molecule has 3 rings (SSSR count). The zero-order chi connectivity index (χ0) is 21.4. The van der Waals surface area contributed by atoms with Gasteiger partial charge in [0.15, 0.2) is 0 Å². The molecule has 9 heteroatoms. The van der Waals surface area contributed by atoms with Crippen molar-refractivity contribution in [2.24, 2.45) is 0 Å². The van der Waals surface area contributed by atoms with E-state index in [1.165, 1.54) is 32.5 Å². The molecule has 1 aliphatic rings. The molecule has 0 saturated carbocycles. The summed E-state index contributed by atoms with van der Waals surface area (Å²) >= 11 is 5.49. The van der Waals surface area contributed by atoms with Crippen LogP contribution in [0, 0.1) is 5.82 Å². The van der Waals surface area contributed by atoms with E-state index in [0.29, 0.717) is 11.4 Å². The van der Waals surface area contributed by atoms with Gasteiger partial charge >= 0.3 is 0 Å². The van der Waals surface area contributed by atoms with Crippen LogP contribution < -0.4 is 15.4 Å². The summed E-state index contributed by atoms with van der Waals surface area (Å²) in [7, 11) is 2.98. The molecule has 2 amide bonds. The Kier molecular flexibility index (Phi) is 8.35. The highest BCUT2D eigenvalue weighted by Crippen LogP contribution is 2.25. The first-order chi connectivity index (χ1) is 13.8. The molecule has 1 saturated heterocycles. The van der Waals surface area contributed by atoms with Crippen molar-refractivity contribution in [3.8, 4) is 5.75 Å². The molecule has 1 fully saturated rings. The molecule has 29 heavy (non-hydrogen) atoms. The van der Waals surface area contributed by atoms with Gasteiger partial charge in [-0.25, -0.2) is 4.39 Å². The predicted molar refractivity (Wildman–Crippen MR) is 108 cm³/mol. The molecule has 0 radical (unpaired) electrons. The van der Waals surface area contributed by atoms with Crippen LogP contribution in [0.2, 0.25) is 5.02 Å². The number of hydrogen-bond acceptors (Lipinski definition) is 5. The Hall–Kier alpha value is -2.71. The fourth-order valence-corrected chi connectivity index (χ4v) is 2.82. The second-order valence-electron chi connectivity index (χ2n) is 6.27. The van der Waals surface area contributed by atoms with Crippen molar-refractivity contribution in [2.75, 3.05) is 19.5 Å². The van der Waals surface area contributed by atoms with Crippen LogP contribution in [-0.2, 0) is 9.53 Å². The largest absolute Gasteiger partial charge is 0.495 e. The van der Waals surface area contributed by atoms with Gasteiger partial charge in [0.25, 0.3) is 11.8 Å². The Bertz CT molecular complexity index is 865. The topological polar surface area (TPSA) is 89.6 Å². The normalized spacial score (nSPS) is 17.7. The van der Waals surface area contributed by atoms with Crippen LogP contribution in [0.5, 0.6) is 5.75 Å². The fourth-order valence-electron chi connectivity index (χ4n) is 2.62. The van der Waals surface area contributed by atoms with Crippen molar-refractivity contribution in [3.05, 3.63) is 53.1 Å². The molecule has 1 aromatic carbocycles. The molecule has 1 aliphatic heterocycles. The lowest BCUT2D eigenvalue weighted by Crippen LogP contribution is -2.28. The standard InChI is InChI=1S/C13H17N3O3.C7H6ClFO/c1-8-3-4-11(19-8)13(18)16-9-5-6-15-10(7-9)12(17)14-2;1-10-6-4-2-3-5(9)7(6)8/h5-8,11H,3-4H2,1-2H3,(H,14,17)(H,15,16,18);2-4H,1H3. The summed E-state index contributed by atoms with van der Waals surface area (Å²) in [4.78, 5) is 27.3. The Morgan fingerprint density at radius 1 is 1.31 bits per heavy atom. The van der Waals surface area contributed by atoms with E-state index in [1.807, 2.05) is 6.92 Å². The number of ether oxygens (including phenoxy) is 2. The van der Waals surface area contributed by atoms with E-state index in [4.69, 9.17) is 21.1 Å². The summed E-state index contributed by atoms with van der Waals surface area (Å²) in [6.45, 7) is 1.95. The van der Waals surface area contributed by atoms with Gasteiger partial charge in [-0.2, -0.15) is 0 Å². The summed E-state index contributed by atoms with van der Waals surface area (Å²) in [5, 5.41) is 5.26. The smallest absolute Gasteiger partial charge is 0.269 e. The number of anilines is 1. The Balaban J connectivity index is 0.000000253. The zero-order valence-corrected chi connectivity index (χ0v) is 17.1. The second-order valence-corrected chi connectivity index (χ2v) is 6.64. The van der Waals surface area contributed by atoms with Crippen LogP contribution in [0.25, 0.3) is 0 Å². The number of rotatable bonds is 4. The number of carbonyl (C=O) groups is 2. The lowest BCUT2D eigenvalue weighted by atomic mass is 10.2. The van der Waals surface area contributed by atoms with Crippen molar-refractivity contribution in [1.29, 1.82) is 0 Å². The summed E-state index contributed by atoms with van der Waals surface area (Å²) in [5.41, 5.74) is 0.808. The van der Waals surface area contributed by atoms with E-state index >= 15 is 0 Å². The average Bonchev–Trinajstić information content (AvgIpc) is 3.16. The SMILES string of the molecule is CNC(=O)c1cc(NC(=O)C2CCC(C)O2)ccn1.COc1cccc(F)c1Cl. The highest BCUT2D eigenvalue weighted by Gasteiger charge is 2.28. The minimum absolute atomic E-state index is 0.0324. The Labute approximate surface area is 173 Å². The molecule has 2 unspecified atom stereocenters. The molecule has 1 aromatic heterocycles. The maximum Gasteiger partial charge on any atom is 0.269 e. The third kappa shape index (κ3) is 6.40. The molecule has 0 aliphatic carbocycles. The summed E-state index contributed by atoms with van der Waals surface area (Å²) in [6.07, 6.45) is 2.80. The number of aromatic nitrogens is 1. The average molecular weight is 424 g/mol. The molecule has 2 heterocycles. The van der Waals surface area contributed by atoms with E-state index in [0.717, 1.165) is 12.8 Å². The first-order valence-electron chi connectivity index (χ1n) is 8.98. The van der Waals surface area contributed by atoms with Crippen LogP contribution >= 0.6 is 11.6 Å². The van der Waals surface area contributed by atoms with Crippen LogP contribution in [0.4, 0.5) is 10.1 Å². The summed E-state index contributed by atoms with van der Waals surface area (Å²) < 4.78 is 22.8. The second kappa shape index (κ2) is 10.7. The molecule has 2 atom stereocenters. The molecule has 7 nitrogen and oxygen atoms in total. The minimum atomic E-state index is -0.457. The van der Waals surface area contributed by atoms with Crippen LogP contribution in [-0.4, -0.2) is 43.2 Å². The van der Waals surface area contributed by atoms with Gasteiger partial charge in [0.1, 0.15) is 28.4 Å². The number of benzene rings is 1. The van der Waals surface area contributed by atoms with Gasteiger partial charge in [-0.15, -0.1) is 0 Å². The molecule has 0 bridgehead atoms. The molecule has 2 N–H and O–H groups in total. The van der Waals surface area contributed by atoms with E-state index < -0.39 is 11.9 Å². The van der Waals surface area contributed by atoms with E-state index in [-0.39, 0.29) is 28.6 Å². The summed E-state index contributed by atoms with van der Waals surface area (Å²) in [5.74, 6) is -0.567. The molecular formula is C20H23ClFN3O4. The minimum Gasteiger partial charge on any atom is -0.495 e. The molecule has 2 aromatic rings.